The zero-order valence-electron chi connectivity index (χ0n) is 11.9. The number of rotatable bonds is 2. The van der Waals surface area contributed by atoms with Crippen molar-refractivity contribution in [2.45, 2.75) is 70.5 Å². The van der Waals surface area contributed by atoms with Gasteiger partial charge in [-0.15, -0.1) is 10.2 Å². The summed E-state index contributed by atoms with van der Waals surface area (Å²) < 4.78 is 2.42. The summed E-state index contributed by atoms with van der Waals surface area (Å²) in [6.45, 7) is 6.52. The van der Waals surface area contributed by atoms with Gasteiger partial charge in [-0.05, 0) is 39.7 Å². The molecule has 1 aromatic heterocycles. The lowest BCUT2D eigenvalue weighted by Gasteiger charge is -2.37. The van der Waals surface area contributed by atoms with Crippen molar-refractivity contribution in [3.8, 4) is 0 Å². The molecule has 3 atom stereocenters. The molecule has 2 aliphatic rings. The van der Waals surface area contributed by atoms with Crippen LogP contribution in [0.5, 0.6) is 0 Å². The molecule has 0 amide bonds. The van der Waals surface area contributed by atoms with Gasteiger partial charge >= 0.3 is 0 Å². The van der Waals surface area contributed by atoms with E-state index < -0.39 is 0 Å². The van der Waals surface area contributed by atoms with Gasteiger partial charge in [-0.2, -0.15) is 0 Å². The maximum absolute atomic E-state index is 4.38. The van der Waals surface area contributed by atoms with E-state index in [1.54, 1.807) is 0 Å². The molecule has 100 valence electrons. The lowest BCUT2D eigenvalue weighted by Crippen LogP contribution is -2.41. The van der Waals surface area contributed by atoms with Crippen LogP contribution in [0.15, 0.2) is 0 Å². The number of hydrogen-bond acceptors (Lipinski definition) is 3. The van der Waals surface area contributed by atoms with E-state index in [1.165, 1.54) is 31.5 Å². The third-order valence-electron chi connectivity index (χ3n) is 4.85. The fourth-order valence-electron chi connectivity index (χ4n) is 3.82. The number of aromatic nitrogens is 3. The van der Waals surface area contributed by atoms with Crippen LogP contribution in [0, 0.1) is 6.92 Å². The molecule has 0 saturated carbocycles. The van der Waals surface area contributed by atoms with E-state index >= 15 is 0 Å². The predicted octanol–water partition coefficient (Wildman–Crippen LogP) is 2.51. The van der Waals surface area contributed by atoms with Gasteiger partial charge in [0.1, 0.15) is 11.6 Å². The van der Waals surface area contributed by atoms with Gasteiger partial charge in [0.25, 0.3) is 0 Å². The van der Waals surface area contributed by atoms with Crippen LogP contribution in [0.1, 0.15) is 63.1 Å². The van der Waals surface area contributed by atoms with Gasteiger partial charge in [0.2, 0.25) is 0 Å². The topological polar surface area (TPSA) is 34.0 Å². The zero-order valence-corrected chi connectivity index (χ0v) is 11.9. The summed E-state index contributed by atoms with van der Waals surface area (Å²) in [5, 5.41) is 8.68. The summed E-state index contributed by atoms with van der Waals surface area (Å²) in [5.41, 5.74) is 0. The van der Waals surface area contributed by atoms with Crippen LogP contribution >= 0.6 is 0 Å². The Morgan fingerprint density at radius 2 is 1.67 bits per heavy atom. The molecular weight excluding hydrogens is 224 g/mol. The zero-order chi connectivity index (χ0) is 12.9. The minimum absolute atomic E-state index is 0.462. The van der Waals surface area contributed by atoms with Crippen molar-refractivity contribution in [1.82, 2.24) is 19.7 Å². The summed E-state index contributed by atoms with van der Waals surface area (Å²) in [4.78, 5) is 2.59. The molecule has 3 rings (SSSR count). The smallest absolute Gasteiger partial charge is 0.135 e. The summed E-state index contributed by atoms with van der Waals surface area (Å²) in [6, 6.07) is 2.16. The lowest BCUT2D eigenvalue weighted by atomic mass is 9.97. The molecule has 4 nitrogen and oxygen atoms in total. The number of hydrogen-bond donors (Lipinski definition) is 0. The van der Waals surface area contributed by atoms with E-state index in [9.17, 15) is 0 Å². The highest BCUT2D eigenvalue weighted by Crippen LogP contribution is 2.40. The molecule has 3 heterocycles. The first-order chi connectivity index (χ1) is 8.58. The van der Waals surface area contributed by atoms with Crippen molar-refractivity contribution < 1.29 is 0 Å². The van der Waals surface area contributed by atoms with E-state index in [2.05, 4.69) is 47.5 Å². The summed E-state index contributed by atoms with van der Waals surface area (Å²) in [6.07, 6.45) is 5.28. The van der Waals surface area contributed by atoms with Gasteiger partial charge in [-0.25, -0.2) is 0 Å². The molecule has 0 aromatic carbocycles. The first-order valence-corrected chi connectivity index (χ1v) is 7.21. The van der Waals surface area contributed by atoms with Crippen molar-refractivity contribution in [1.29, 1.82) is 0 Å². The van der Waals surface area contributed by atoms with E-state index in [0.717, 1.165) is 17.9 Å². The Kier molecular flexibility index (Phi) is 2.93. The number of fused-ring (bicyclic) bond motifs is 2. The third-order valence-corrected chi connectivity index (χ3v) is 4.85. The Hall–Kier alpha value is -0.900. The average molecular weight is 248 g/mol. The first-order valence-electron chi connectivity index (χ1n) is 7.21. The van der Waals surface area contributed by atoms with Crippen molar-refractivity contribution in [3.05, 3.63) is 11.6 Å². The second-order valence-electron chi connectivity index (χ2n) is 6.31. The highest BCUT2D eigenvalue weighted by Gasteiger charge is 2.40. The normalized spacial score (nSPS) is 32.4. The second kappa shape index (κ2) is 4.34. The molecule has 2 saturated heterocycles. The minimum atomic E-state index is 0.462. The summed E-state index contributed by atoms with van der Waals surface area (Å²) in [5.74, 6) is 2.72. The Bertz CT molecular complexity index is 423. The standard InChI is InChI=1S/C14H24N4/c1-9(2)14-16-15-10(3)18(14)13-7-11-5-6-12(8-13)17(11)4/h9,11-13H,5-8H2,1-4H3/t11-,12+,13?. The Morgan fingerprint density at radius 1 is 1.06 bits per heavy atom. The van der Waals surface area contributed by atoms with Crippen molar-refractivity contribution >= 4 is 0 Å². The van der Waals surface area contributed by atoms with Crippen LogP contribution < -0.4 is 0 Å². The highest BCUT2D eigenvalue weighted by molar-refractivity contribution is 5.05. The Balaban J connectivity index is 1.90. The summed E-state index contributed by atoms with van der Waals surface area (Å²) >= 11 is 0. The van der Waals surface area contributed by atoms with Gasteiger partial charge < -0.3 is 9.47 Å². The van der Waals surface area contributed by atoms with E-state index in [0.29, 0.717) is 12.0 Å². The lowest BCUT2D eigenvalue weighted by molar-refractivity contribution is 0.134. The van der Waals surface area contributed by atoms with Crippen molar-refractivity contribution in [3.63, 3.8) is 0 Å². The first kappa shape index (κ1) is 12.2. The van der Waals surface area contributed by atoms with Gasteiger partial charge in [0.15, 0.2) is 0 Å². The van der Waals surface area contributed by atoms with Crippen LogP contribution in [0.2, 0.25) is 0 Å². The Morgan fingerprint density at radius 3 is 2.22 bits per heavy atom. The number of piperidine rings is 1. The van der Waals surface area contributed by atoms with Crippen LogP contribution in [-0.4, -0.2) is 38.8 Å². The quantitative estimate of drug-likeness (QED) is 0.806. The molecular formula is C14H24N4. The molecule has 0 radical (unpaired) electrons. The van der Waals surface area contributed by atoms with Crippen LogP contribution in [0.4, 0.5) is 0 Å². The van der Waals surface area contributed by atoms with Crippen LogP contribution in [0.3, 0.4) is 0 Å². The molecule has 2 bridgehead atoms. The van der Waals surface area contributed by atoms with Gasteiger partial charge in [-0.3, -0.25) is 0 Å². The molecule has 4 heteroatoms. The van der Waals surface area contributed by atoms with Crippen molar-refractivity contribution in [2.75, 3.05) is 7.05 Å². The van der Waals surface area contributed by atoms with E-state index in [1.807, 2.05) is 0 Å². The predicted molar refractivity (Wildman–Crippen MR) is 71.7 cm³/mol. The highest BCUT2D eigenvalue weighted by atomic mass is 15.3. The van der Waals surface area contributed by atoms with Gasteiger partial charge in [0.05, 0.1) is 0 Å². The SMILES string of the molecule is Cc1nnc(C(C)C)n1C1C[C@H]2CC[C@@H](C1)N2C. The fraction of sp³-hybridized carbons (Fsp3) is 0.857. The monoisotopic (exact) mass is 248 g/mol. The molecule has 1 unspecified atom stereocenters. The van der Waals surface area contributed by atoms with Crippen LogP contribution in [-0.2, 0) is 0 Å². The third kappa shape index (κ3) is 1.78. The van der Waals surface area contributed by atoms with E-state index in [4.69, 9.17) is 0 Å². The van der Waals surface area contributed by atoms with Gasteiger partial charge in [0, 0.05) is 24.0 Å². The van der Waals surface area contributed by atoms with E-state index in [-0.39, 0.29) is 0 Å². The minimum Gasteiger partial charge on any atom is -0.312 e. The average Bonchev–Trinajstić information content (AvgIpc) is 2.77. The van der Waals surface area contributed by atoms with Crippen LogP contribution in [0.25, 0.3) is 0 Å². The molecule has 18 heavy (non-hydrogen) atoms. The maximum Gasteiger partial charge on any atom is 0.135 e. The molecule has 1 aromatic rings. The Labute approximate surface area is 109 Å². The molecule has 0 N–H and O–H groups in total. The molecule has 0 spiro atoms. The van der Waals surface area contributed by atoms with Crippen molar-refractivity contribution in [2.24, 2.45) is 0 Å². The molecule has 0 aliphatic carbocycles. The molecule has 2 aliphatic heterocycles. The van der Waals surface area contributed by atoms with Gasteiger partial charge in [-0.1, -0.05) is 13.8 Å². The second-order valence-corrected chi connectivity index (χ2v) is 6.31. The number of nitrogens with zero attached hydrogens (tertiary/aromatic N) is 4. The summed E-state index contributed by atoms with van der Waals surface area (Å²) in [7, 11) is 2.29. The maximum atomic E-state index is 4.38. The molecule has 2 fully saturated rings. The largest absolute Gasteiger partial charge is 0.312 e. The fourth-order valence-corrected chi connectivity index (χ4v) is 3.82. The number of aryl methyl sites for hydroxylation is 1.